The highest BCUT2D eigenvalue weighted by atomic mass is 19.4. The third kappa shape index (κ3) is 2.86. The summed E-state index contributed by atoms with van der Waals surface area (Å²) in [6.45, 7) is 0. The predicted molar refractivity (Wildman–Crippen MR) is 63.8 cm³/mol. The third-order valence-electron chi connectivity index (χ3n) is 2.80. The lowest BCUT2D eigenvalue weighted by atomic mass is 9.97. The highest BCUT2D eigenvalue weighted by Gasteiger charge is 2.34. The highest BCUT2D eigenvalue weighted by Crippen LogP contribution is 2.38. The van der Waals surface area contributed by atoms with Crippen molar-refractivity contribution in [2.45, 2.75) is 6.18 Å². The van der Waals surface area contributed by atoms with E-state index in [1.807, 2.05) is 0 Å². The first kappa shape index (κ1) is 15.0. The lowest BCUT2D eigenvalue weighted by Gasteiger charge is -2.14. The Morgan fingerprint density at radius 1 is 1.00 bits per heavy atom. The largest absolute Gasteiger partial charge is 0.478 e. The molecule has 0 spiro atoms. The Morgan fingerprint density at radius 2 is 1.62 bits per heavy atom. The van der Waals surface area contributed by atoms with E-state index in [9.17, 15) is 26.7 Å². The monoisotopic (exact) mass is 302 g/mol. The molecule has 0 aliphatic heterocycles. The summed E-state index contributed by atoms with van der Waals surface area (Å²) in [5.41, 5.74) is -3.18. The minimum absolute atomic E-state index is 0.414. The molecule has 110 valence electrons. The molecular formula is C14H7F5O2. The molecule has 0 radical (unpaired) electrons. The zero-order chi connectivity index (χ0) is 15.8. The molecule has 0 aliphatic carbocycles. The van der Waals surface area contributed by atoms with E-state index in [1.165, 1.54) is 6.07 Å². The van der Waals surface area contributed by atoms with Gasteiger partial charge in [0, 0.05) is 5.56 Å². The smallest absolute Gasteiger partial charge is 0.417 e. The van der Waals surface area contributed by atoms with Crippen LogP contribution < -0.4 is 0 Å². The molecule has 0 saturated carbocycles. The van der Waals surface area contributed by atoms with Gasteiger partial charge >= 0.3 is 12.1 Å². The van der Waals surface area contributed by atoms with Crippen LogP contribution in [0, 0.1) is 11.6 Å². The molecular weight excluding hydrogens is 295 g/mol. The van der Waals surface area contributed by atoms with Crippen molar-refractivity contribution in [3.63, 3.8) is 0 Å². The zero-order valence-electron chi connectivity index (χ0n) is 10.2. The number of carboxylic acid groups (broad SMARTS) is 1. The summed E-state index contributed by atoms with van der Waals surface area (Å²) >= 11 is 0. The second-order valence-corrected chi connectivity index (χ2v) is 4.17. The fourth-order valence-electron chi connectivity index (χ4n) is 1.87. The fraction of sp³-hybridized carbons (Fsp3) is 0.0714. The topological polar surface area (TPSA) is 37.3 Å². The van der Waals surface area contributed by atoms with Crippen LogP contribution >= 0.6 is 0 Å². The van der Waals surface area contributed by atoms with Crippen LogP contribution in [0.4, 0.5) is 22.0 Å². The van der Waals surface area contributed by atoms with Crippen LogP contribution in [0.25, 0.3) is 11.1 Å². The Hall–Kier alpha value is -2.44. The van der Waals surface area contributed by atoms with Crippen molar-refractivity contribution in [1.82, 2.24) is 0 Å². The van der Waals surface area contributed by atoms with Gasteiger partial charge < -0.3 is 5.11 Å². The summed E-state index contributed by atoms with van der Waals surface area (Å²) < 4.78 is 65.8. The van der Waals surface area contributed by atoms with Gasteiger partial charge in [0.25, 0.3) is 0 Å². The minimum Gasteiger partial charge on any atom is -0.478 e. The molecule has 7 heteroatoms. The van der Waals surface area contributed by atoms with E-state index in [-0.39, 0.29) is 0 Å². The third-order valence-corrected chi connectivity index (χ3v) is 2.80. The molecule has 0 heterocycles. The first-order valence-electron chi connectivity index (χ1n) is 5.60. The second kappa shape index (κ2) is 5.16. The molecule has 21 heavy (non-hydrogen) atoms. The van der Waals surface area contributed by atoms with Crippen LogP contribution in [0.2, 0.25) is 0 Å². The number of carbonyl (C=O) groups is 1. The van der Waals surface area contributed by atoms with Gasteiger partial charge in [0.2, 0.25) is 0 Å². The van der Waals surface area contributed by atoms with Gasteiger partial charge in [-0.3, -0.25) is 0 Å². The van der Waals surface area contributed by atoms with Crippen LogP contribution in [0.1, 0.15) is 15.9 Å². The molecule has 0 atom stereocenters. The summed E-state index contributed by atoms with van der Waals surface area (Å²) in [4.78, 5) is 10.8. The number of rotatable bonds is 2. The average Bonchev–Trinajstić information content (AvgIpc) is 2.40. The van der Waals surface area contributed by atoms with Crippen LogP contribution in [-0.2, 0) is 6.18 Å². The number of carboxylic acids is 1. The molecule has 0 saturated heterocycles. The van der Waals surface area contributed by atoms with E-state index >= 15 is 0 Å². The van der Waals surface area contributed by atoms with E-state index < -0.39 is 46.0 Å². The van der Waals surface area contributed by atoms with Gasteiger partial charge in [-0.1, -0.05) is 18.2 Å². The number of hydrogen-bond donors (Lipinski definition) is 1. The van der Waals surface area contributed by atoms with Gasteiger partial charge in [0.15, 0.2) is 11.6 Å². The molecule has 0 fully saturated rings. The summed E-state index contributed by atoms with van der Waals surface area (Å²) in [5.74, 6) is -4.63. The molecule has 0 amide bonds. The summed E-state index contributed by atoms with van der Waals surface area (Å²) in [7, 11) is 0. The summed E-state index contributed by atoms with van der Waals surface area (Å²) in [5, 5.41) is 8.79. The van der Waals surface area contributed by atoms with E-state index in [1.54, 1.807) is 0 Å². The minimum atomic E-state index is -4.78. The van der Waals surface area contributed by atoms with Crippen molar-refractivity contribution >= 4 is 5.97 Å². The molecule has 0 aliphatic rings. The summed E-state index contributed by atoms with van der Waals surface area (Å²) in [6.07, 6.45) is -4.78. The predicted octanol–water partition coefficient (Wildman–Crippen LogP) is 4.35. The van der Waals surface area contributed by atoms with Crippen LogP contribution in [0.3, 0.4) is 0 Å². The van der Waals surface area contributed by atoms with E-state index in [4.69, 9.17) is 5.11 Å². The van der Waals surface area contributed by atoms with Crippen molar-refractivity contribution in [3.8, 4) is 11.1 Å². The number of alkyl halides is 3. The van der Waals surface area contributed by atoms with Gasteiger partial charge in [-0.05, 0) is 23.8 Å². The maximum atomic E-state index is 13.8. The van der Waals surface area contributed by atoms with E-state index in [0.29, 0.717) is 18.2 Å². The molecule has 2 aromatic carbocycles. The van der Waals surface area contributed by atoms with Crippen LogP contribution in [0.5, 0.6) is 0 Å². The van der Waals surface area contributed by atoms with E-state index in [0.717, 1.165) is 12.1 Å². The maximum Gasteiger partial charge on any atom is 0.417 e. The molecule has 2 aromatic rings. The van der Waals surface area contributed by atoms with Crippen LogP contribution in [0.15, 0.2) is 36.4 Å². The SMILES string of the molecule is O=C(O)c1cc(F)c(F)c(-c2ccccc2C(F)(F)F)c1. The molecule has 0 bridgehead atoms. The molecule has 0 unspecified atom stereocenters. The lowest BCUT2D eigenvalue weighted by molar-refractivity contribution is -0.137. The van der Waals surface area contributed by atoms with Gasteiger partial charge in [-0.2, -0.15) is 13.2 Å². The number of benzene rings is 2. The maximum absolute atomic E-state index is 13.8. The van der Waals surface area contributed by atoms with Gasteiger partial charge in [-0.25, -0.2) is 13.6 Å². The van der Waals surface area contributed by atoms with Gasteiger partial charge in [-0.15, -0.1) is 0 Å². The van der Waals surface area contributed by atoms with Crippen molar-refractivity contribution in [2.75, 3.05) is 0 Å². The number of aromatic carboxylic acids is 1. The summed E-state index contributed by atoms with van der Waals surface area (Å²) in [6, 6.07) is 5.06. The first-order chi connectivity index (χ1) is 9.71. The van der Waals surface area contributed by atoms with E-state index in [2.05, 4.69) is 0 Å². The Kier molecular flexibility index (Phi) is 3.67. The normalized spacial score (nSPS) is 11.5. The average molecular weight is 302 g/mol. The Bertz CT molecular complexity index is 707. The molecule has 0 aromatic heterocycles. The van der Waals surface area contributed by atoms with Gasteiger partial charge in [0.1, 0.15) is 0 Å². The van der Waals surface area contributed by atoms with Crippen LogP contribution in [-0.4, -0.2) is 11.1 Å². The Labute approximate surface area is 115 Å². The van der Waals surface area contributed by atoms with Crippen molar-refractivity contribution < 1.29 is 31.9 Å². The number of halogens is 5. The quantitative estimate of drug-likeness (QED) is 0.837. The van der Waals surface area contributed by atoms with Crippen molar-refractivity contribution in [2.24, 2.45) is 0 Å². The number of hydrogen-bond acceptors (Lipinski definition) is 1. The second-order valence-electron chi connectivity index (χ2n) is 4.17. The first-order valence-corrected chi connectivity index (χ1v) is 5.60. The van der Waals surface area contributed by atoms with Crippen molar-refractivity contribution in [3.05, 3.63) is 59.2 Å². The Balaban J connectivity index is 2.76. The zero-order valence-corrected chi connectivity index (χ0v) is 10.2. The van der Waals surface area contributed by atoms with Crippen molar-refractivity contribution in [1.29, 1.82) is 0 Å². The fourth-order valence-corrected chi connectivity index (χ4v) is 1.87. The molecule has 2 rings (SSSR count). The van der Waals surface area contributed by atoms with Gasteiger partial charge in [0.05, 0.1) is 11.1 Å². The lowest BCUT2D eigenvalue weighted by Crippen LogP contribution is -2.08. The highest BCUT2D eigenvalue weighted by molar-refractivity contribution is 5.89. The molecule has 2 nitrogen and oxygen atoms in total. The Morgan fingerprint density at radius 3 is 2.19 bits per heavy atom. The molecule has 1 N–H and O–H groups in total. The standard InChI is InChI=1S/C14H7F5O2/c15-11-6-7(13(20)21)5-9(12(11)16)8-3-1-2-4-10(8)14(17,18)19/h1-6H,(H,20,21).